The number of thiazole rings is 1. The van der Waals surface area contributed by atoms with E-state index in [4.69, 9.17) is 14.2 Å². The molecule has 2 heterocycles. The van der Waals surface area contributed by atoms with Gasteiger partial charge in [0, 0.05) is 25.8 Å². The van der Waals surface area contributed by atoms with E-state index in [-0.39, 0.29) is 5.91 Å². The predicted molar refractivity (Wildman–Crippen MR) is 107 cm³/mol. The summed E-state index contributed by atoms with van der Waals surface area (Å²) in [6, 6.07) is 7.39. The van der Waals surface area contributed by atoms with Crippen LogP contribution in [0.25, 0.3) is 10.2 Å². The van der Waals surface area contributed by atoms with Crippen LogP contribution in [0.5, 0.6) is 11.5 Å². The van der Waals surface area contributed by atoms with Gasteiger partial charge in [-0.3, -0.25) is 4.79 Å². The highest BCUT2D eigenvalue weighted by Gasteiger charge is 2.14. The Kier molecular flexibility index (Phi) is 6.13. The molecule has 3 aromatic rings. The summed E-state index contributed by atoms with van der Waals surface area (Å²) < 4.78 is 19.8. The fourth-order valence-corrected chi connectivity index (χ4v) is 4.79. The quantitative estimate of drug-likeness (QED) is 0.563. The molecule has 0 unspecified atom stereocenters. The van der Waals surface area contributed by atoms with Gasteiger partial charge in [0.25, 0.3) is 5.91 Å². The van der Waals surface area contributed by atoms with Crippen LogP contribution in [0.4, 0.5) is 0 Å². The summed E-state index contributed by atoms with van der Waals surface area (Å²) in [5, 5.41) is 0. The van der Waals surface area contributed by atoms with Gasteiger partial charge in [0.2, 0.25) is 0 Å². The summed E-state index contributed by atoms with van der Waals surface area (Å²) in [7, 11) is 4.84. The van der Waals surface area contributed by atoms with Gasteiger partial charge in [-0.25, -0.2) is 0 Å². The van der Waals surface area contributed by atoms with E-state index in [1.165, 1.54) is 22.7 Å². The standard InChI is InChI=1S/C17H17BrN2O4S2/c1-22-7-6-20-10-8-11(23-2)12(24-3)9-14(10)26-17(20)19-16(21)13-4-5-15(18)25-13/h4-5,8-9H,6-7H2,1-3H3. The molecule has 0 saturated heterocycles. The first-order valence-electron chi connectivity index (χ1n) is 7.66. The second kappa shape index (κ2) is 8.34. The van der Waals surface area contributed by atoms with Crippen LogP contribution in [-0.4, -0.2) is 38.4 Å². The van der Waals surface area contributed by atoms with Crippen LogP contribution >= 0.6 is 38.6 Å². The van der Waals surface area contributed by atoms with Gasteiger partial charge in [0.1, 0.15) is 0 Å². The number of carbonyl (C=O) groups is 1. The van der Waals surface area contributed by atoms with E-state index < -0.39 is 0 Å². The molecule has 0 radical (unpaired) electrons. The second-order valence-electron chi connectivity index (χ2n) is 5.22. The van der Waals surface area contributed by atoms with Crippen molar-refractivity contribution in [2.45, 2.75) is 6.54 Å². The van der Waals surface area contributed by atoms with Gasteiger partial charge in [0.05, 0.1) is 39.7 Å². The molecule has 0 atom stereocenters. The van der Waals surface area contributed by atoms with Gasteiger partial charge in [-0.1, -0.05) is 11.3 Å². The minimum atomic E-state index is -0.266. The molecule has 0 bridgehead atoms. The molecule has 3 rings (SSSR count). The fraction of sp³-hybridized carbons (Fsp3) is 0.294. The molecule has 1 amide bonds. The van der Waals surface area contributed by atoms with Crippen LogP contribution in [-0.2, 0) is 11.3 Å². The van der Waals surface area contributed by atoms with Crippen molar-refractivity contribution >= 4 is 54.7 Å². The number of carbonyl (C=O) groups excluding carboxylic acids is 1. The number of hydrogen-bond acceptors (Lipinski definition) is 6. The Morgan fingerprint density at radius 3 is 2.50 bits per heavy atom. The zero-order chi connectivity index (χ0) is 18.7. The smallest absolute Gasteiger partial charge is 0.289 e. The Labute approximate surface area is 166 Å². The predicted octanol–water partition coefficient (Wildman–Crippen LogP) is 3.93. The van der Waals surface area contributed by atoms with Crippen LogP contribution in [0.1, 0.15) is 9.67 Å². The number of nitrogens with zero attached hydrogens (tertiary/aromatic N) is 2. The van der Waals surface area contributed by atoms with Gasteiger partial charge in [0.15, 0.2) is 16.3 Å². The summed E-state index contributed by atoms with van der Waals surface area (Å²) in [6.45, 7) is 1.08. The maximum absolute atomic E-state index is 12.5. The maximum atomic E-state index is 12.5. The highest BCUT2D eigenvalue weighted by Crippen LogP contribution is 2.33. The molecule has 0 fully saturated rings. The molecule has 2 aromatic heterocycles. The average molecular weight is 457 g/mol. The molecule has 0 N–H and O–H groups in total. The molecular formula is C17H17BrN2O4S2. The van der Waals surface area contributed by atoms with Gasteiger partial charge < -0.3 is 18.8 Å². The molecule has 138 valence electrons. The minimum absolute atomic E-state index is 0.266. The van der Waals surface area contributed by atoms with Crippen LogP contribution in [0.15, 0.2) is 33.0 Å². The summed E-state index contributed by atoms with van der Waals surface area (Å²) >= 11 is 6.16. The summed E-state index contributed by atoms with van der Waals surface area (Å²) in [6.07, 6.45) is 0. The number of methoxy groups -OCH3 is 3. The lowest BCUT2D eigenvalue weighted by molar-refractivity contribution is 0.100. The third kappa shape index (κ3) is 3.85. The van der Waals surface area contributed by atoms with Gasteiger partial charge in [-0.15, -0.1) is 11.3 Å². The van der Waals surface area contributed by atoms with Gasteiger partial charge in [-0.05, 0) is 28.1 Å². The molecular weight excluding hydrogens is 440 g/mol. The molecule has 26 heavy (non-hydrogen) atoms. The Morgan fingerprint density at radius 2 is 1.88 bits per heavy atom. The normalized spacial score (nSPS) is 11.9. The van der Waals surface area contributed by atoms with E-state index in [0.717, 1.165) is 14.0 Å². The SMILES string of the molecule is COCCn1c(=NC(=O)c2ccc(Br)s2)sc2cc(OC)c(OC)cc21. The van der Waals surface area contributed by atoms with Gasteiger partial charge in [-0.2, -0.15) is 4.99 Å². The van der Waals surface area contributed by atoms with E-state index in [1.54, 1.807) is 27.4 Å². The van der Waals surface area contributed by atoms with Gasteiger partial charge >= 0.3 is 0 Å². The third-order valence-electron chi connectivity index (χ3n) is 3.69. The van der Waals surface area contributed by atoms with E-state index >= 15 is 0 Å². The largest absolute Gasteiger partial charge is 0.493 e. The molecule has 1 aromatic carbocycles. The molecule has 9 heteroatoms. The third-order valence-corrected chi connectivity index (χ3v) is 6.34. The van der Waals surface area contributed by atoms with Crippen molar-refractivity contribution in [2.75, 3.05) is 27.9 Å². The maximum Gasteiger partial charge on any atom is 0.289 e. The van der Waals surface area contributed by atoms with Crippen molar-refractivity contribution in [3.63, 3.8) is 0 Å². The lowest BCUT2D eigenvalue weighted by Crippen LogP contribution is -2.19. The summed E-state index contributed by atoms with van der Waals surface area (Å²) in [5.74, 6) is 1.00. The highest BCUT2D eigenvalue weighted by molar-refractivity contribution is 9.11. The lowest BCUT2D eigenvalue weighted by Gasteiger charge is -2.09. The summed E-state index contributed by atoms with van der Waals surface area (Å²) in [5.41, 5.74) is 0.920. The number of aromatic nitrogens is 1. The average Bonchev–Trinajstić information content (AvgIpc) is 3.21. The second-order valence-corrected chi connectivity index (χ2v) is 8.70. The molecule has 6 nitrogen and oxygen atoms in total. The number of fused-ring (bicyclic) bond motifs is 1. The van der Waals surface area contributed by atoms with Crippen LogP contribution in [0, 0.1) is 0 Å². The van der Waals surface area contributed by atoms with E-state index in [2.05, 4.69) is 20.9 Å². The zero-order valence-electron chi connectivity index (χ0n) is 14.4. The Morgan fingerprint density at radius 1 is 1.15 bits per heavy atom. The number of hydrogen-bond donors (Lipinski definition) is 0. The van der Waals surface area contributed by atoms with Crippen molar-refractivity contribution in [3.05, 3.63) is 37.7 Å². The van der Waals surface area contributed by atoms with E-state index in [1.807, 2.05) is 22.8 Å². The topological polar surface area (TPSA) is 62.1 Å². The monoisotopic (exact) mass is 456 g/mol. The lowest BCUT2D eigenvalue weighted by atomic mass is 10.3. The Balaban J connectivity index is 2.16. The van der Waals surface area contributed by atoms with Crippen molar-refractivity contribution in [1.82, 2.24) is 4.57 Å². The number of rotatable bonds is 6. The number of halogens is 1. The molecule has 0 aliphatic carbocycles. The fourth-order valence-electron chi connectivity index (χ4n) is 2.45. The zero-order valence-corrected chi connectivity index (χ0v) is 17.7. The first-order chi connectivity index (χ1) is 12.6. The highest BCUT2D eigenvalue weighted by atomic mass is 79.9. The van der Waals surface area contributed by atoms with Crippen molar-refractivity contribution < 1.29 is 19.0 Å². The first kappa shape index (κ1) is 19.1. The number of benzene rings is 1. The van der Waals surface area contributed by atoms with Crippen LogP contribution in [0.2, 0.25) is 0 Å². The number of thiophene rings is 1. The molecule has 0 saturated carbocycles. The minimum Gasteiger partial charge on any atom is -0.493 e. The first-order valence-corrected chi connectivity index (χ1v) is 10.1. The van der Waals surface area contributed by atoms with Crippen LogP contribution < -0.4 is 14.3 Å². The molecule has 0 aliphatic rings. The number of ether oxygens (including phenoxy) is 3. The van der Waals surface area contributed by atoms with Crippen molar-refractivity contribution in [2.24, 2.45) is 4.99 Å². The van der Waals surface area contributed by atoms with Crippen molar-refractivity contribution in [1.29, 1.82) is 0 Å². The van der Waals surface area contributed by atoms with Crippen LogP contribution in [0.3, 0.4) is 0 Å². The van der Waals surface area contributed by atoms with E-state index in [0.29, 0.717) is 34.3 Å². The molecule has 0 spiro atoms. The van der Waals surface area contributed by atoms with Crippen molar-refractivity contribution in [3.8, 4) is 11.5 Å². The Hall–Kier alpha value is -1.68. The molecule has 0 aliphatic heterocycles. The summed E-state index contributed by atoms with van der Waals surface area (Å²) in [4.78, 5) is 18.0. The Bertz CT molecular complexity index is 1010. The van der Waals surface area contributed by atoms with E-state index in [9.17, 15) is 4.79 Å². The number of amides is 1.